The molecule has 0 bridgehead atoms. The van der Waals surface area contributed by atoms with Crippen LogP contribution in [0.4, 0.5) is 4.39 Å². The fourth-order valence-corrected chi connectivity index (χ4v) is 1.79. The number of amidine groups is 1. The van der Waals surface area contributed by atoms with Crippen LogP contribution in [0.25, 0.3) is 0 Å². The average molecular weight is 279 g/mol. The van der Waals surface area contributed by atoms with Crippen molar-refractivity contribution in [2.75, 3.05) is 13.6 Å². The molecule has 1 heterocycles. The summed E-state index contributed by atoms with van der Waals surface area (Å²) in [7, 11) is 1.85. The Morgan fingerprint density at radius 1 is 1.40 bits per heavy atom. The molecule has 0 unspecified atom stereocenters. The predicted molar refractivity (Wildman–Crippen MR) is 73.9 cm³/mol. The van der Waals surface area contributed by atoms with E-state index in [0.717, 1.165) is 6.54 Å². The molecule has 0 saturated carbocycles. The second-order valence-electron chi connectivity index (χ2n) is 5.20. The number of hydrogen-bond donors (Lipinski definition) is 1. The monoisotopic (exact) mass is 279 g/mol. The number of nitrogens with zero attached hydrogens (tertiary/aromatic N) is 2. The van der Waals surface area contributed by atoms with Crippen molar-refractivity contribution in [2.45, 2.75) is 25.9 Å². The number of ether oxygens (including phenoxy) is 1. The molecule has 0 radical (unpaired) electrons. The van der Waals surface area contributed by atoms with Crippen LogP contribution in [0.3, 0.4) is 0 Å². The zero-order valence-electron chi connectivity index (χ0n) is 11.8. The fourth-order valence-electron chi connectivity index (χ4n) is 1.79. The van der Waals surface area contributed by atoms with Crippen molar-refractivity contribution in [1.29, 1.82) is 0 Å². The van der Waals surface area contributed by atoms with Gasteiger partial charge in [-0.2, -0.15) is 5.10 Å². The fraction of sp³-hybridized carbons (Fsp3) is 0.429. The Labute approximate surface area is 117 Å². The van der Waals surface area contributed by atoms with Gasteiger partial charge in [0.05, 0.1) is 0 Å². The number of halogens is 1. The van der Waals surface area contributed by atoms with Crippen LogP contribution in [0.2, 0.25) is 0 Å². The lowest BCUT2D eigenvalue weighted by atomic mass is 10.1. The van der Waals surface area contributed by atoms with Gasteiger partial charge in [-0.3, -0.25) is 9.80 Å². The number of amides is 1. The van der Waals surface area contributed by atoms with E-state index >= 15 is 0 Å². The minimum absolute atomic E-state index is 0.282. The van der Waals surface area contributed by atoms with Gasteiger partial charge in [-0.15, -0.1) is 0 Å². The maximum absolute atomic E-state index is 12.8. The van der Waals surface area contributed by atoms with Gasteiger partial charge in [0, 0.05) is 20.0 Å². The van der Waals surface area contributed by atoms with Gasteiger partial charge >= 0.3 is 0 Å². The number of nitrogens with one attached hydrogen (secondary N) is 1. The van der Waals surface area contributed by atoms with Crippen LogP contribution in [-0.4, -0.2) is 35.9 Å². The Bertz CT molecular complexity index is 526. The van der Waals surface area contributed by atoms with E-state index in [0.29, 0.717) is 18.0 Å². The Hall–Kier alpha value is -2.11. The molecular weight excluding hydrogens is 261 g/mol. The van der Waals surface area contributed by atoms with Gasteiger partial charge < -0.3 is 10.1 Å². The van der Waals surface area contributed by atoms with Gasteiger partial charge in [-0.25, -0.2) is 4.39 Å². The van der Waals surface area contributed by atoms with Gasteiger partial charge in [0.2, 0.25) is 0 Å². The normalized spacial score (nSPS) is 15.0. The highest BCUT2D eigenvalue weighted by Crippen LogP contribution is 2.19. The summed E-state index contributed by atoms with van der Waals surface area (Å²) in [5, 5.41) is 8.69. The van der Waals surface area contributed by atoms with E-state index in [2.05, 4.69) is 10.4 Å². The largest absolute Gasteiger partial charge is 0.478 e. The summed E-state index contributed by atoms with van der Waals surface area (Å²) >= 11 is 0. The topological polar surface area (TPSA) is 53.9 Å². The summed E-state index contributed by atoms with van der Waals surface area (Å²) in [6.45, 7) is 4.10. The first-order chi connectivity index (χ1) is 9.37. The van der Waals surface area contributed by atoms with Crippen LogP contribution in [-0.2, 0) is 4.79 Å². The summed E-state index contributed by atoms with van der Waals surface area (Å²) in [5.41, 5.74) is -1.07. The van der Waals surface area contributed by atoms with Crippen molar-refractivity contribution in [2.24, 2.45) is 5.10 Å². The number of benzene rings is 1. The molecule has 20 heavy (non-hydrogen) atoms. The van der Waals surface area contributed by atoms with Gasteiger partial charge in [-0.1, -0.05) is 0 Å². The molecular formula is C14H18FN3O2. The number of carbonyl (C=O) groups excluding carboxylic acids is 1. The second-order valence-corrected chi connectivity index (χ2v) is 5.20. The zero-order chi connectivity index (χ0) is 14.8. The van der Waals surface area contributed by atoms with Gasteiger partial charge in [0.15, 0.2) is 5.60 Å². The van der Waals surface area contributed by atoms with Crippen LogP contribution in [0.1, 0.15) is 20.3 Å². The molecule has 1 amide bonds. The lowest BCUT2D eigenvalue weighted by molar-refractivity contribution is -0.132. The Kier molecular flexibility index (Phi) is 3.92. The zero-order valence-corrected chi connectivity index (χ0v) is 11.8. The third-order valence-electron chi connectivity index (χ3n) is 2.95. The molecule has 1 aliphatic rings. The van der Waals surface area contributed by atoms with E-state index in [4.69, 9.17) is 4.74 Å². The molecule has 1 N–H and O–H groups in total. The Morgan fingerprint density at radius 3 is 2.60 bits per heavy atom. The molecule has 5 nitrogen and oxygen atoms in total. The number of carbonyl (C=O) groups is 1. The molecule has 6 heteroatoms. The quantitative estimate of drug-likeness (QED) is 0.917. The Morgan fingerprint density at radius 2 is 2.05 bits per heavy atom. The van der Waals surface area contributed by atoms with E-state index in [9.17, 15) is 9.18 Å². The van der Waals surface area contributed by atoms with Crippen molar-refractivity contribution in [3.05, 3.63) is 30.1 Å². The van der Waals surface area contributed by atoms with Crippen LogP contribution in [0, 0.1) is 5.82 Å². The predicted octanol–water partition coefficient (Wildman–Crippen LogP) is 1.75. The molecule has 1 aromatic carbocycles. The van der Waals surface area contributed by atoms with Crippen LogP contribution >= 0.6 is 0 Å². The highest BCUT2D eigenvalue weighted by molar-refractivity contribution is 6.02. The molecule has 0 atom stereocenters. The standard InChI is InChI=1S/C14H18FN3O2/c1-14(2,20-11-6-4-10(15)5-7-11)13(19)16-12-8-9-18(3)17-12/h4-7H,8-9H2,1-3H3,(H,16,17,19). The number of hydrogen-bond acceptors (Lipinski definition) is 4. The Balaban J connectivity index is 2.00. The summed E-state index contributed by atoms with van der Waals surface area (Å²) < 4.78 is 18.4. The van der Waals surface area contributed by atoms with Crippen molar-refractivity contribution in [1.82, 2.24) is 10.3 Å². The van der Waals surface area contributed by atoms with E-state index < -0.39 is 5.60 Å². The van der Waals surface area contributed by atoms with Crippen LogP contribution < -0.4 is 10.1 Å². The lowest BCUT2D eigenvalue weighted by Crippen LogP contribution is -2.48. The van der Waals surface area contributed by atoms with Crippen molar-refractivity contribution in [3.63, 3.8) is 0 Å². The van der Waals surface area contributed by atoms with Crippen LogP contribution in [0.15, 0.2) is 29.4 Å². The molecule has 0 aromatic heterocycles. The summed E-state index contributed by atoms with van der Waals surface area (Å²) in [6, 6.07) is 5.56. The average Bonchev–Trinajstić information content (AvgIpc) is 2.77. The van der Waals surface area contributed by atoms with Crippen molar-refractivity contribution >= 4 is 11.7 Å². The van der Waals surface area contributed by atoms with E-state index in [1.807, 2.05) is 7.05 Å². The van der Waals surface area contributed by atoms with Crippen molar-refractivity contribution in [3.8, 4) is 5.75 Å². The molecule has 108 valence electrons. The first-order valence-electron chi connectivity index (χ1n) is 6.41. The number of hydrazone groups is 1. The third-order valence-corrected chi connectivity index (χ3v) is 2.95. The maximum Gasteiger partial charge on any atom is 0.268 e. The molecule has 0 spiro atoms. The highest BCUT2D eigenvalue weighted by atomic mass is 19.1. The summed E-state index contributed by atoms with van der Waals surface area (Å²) in [4.78, 5) is 12.2. The van der Waals surface area contributed by atoms with E-state index in [-0.39, 0.29) is 11.7 Å². The molecule has 1 aromatic rings. The summed E-state index contributed by atoms with van der Waals surface area (Å²) in [5.74, 6) is 0.448. The smallest absolute Gasteiger partial charge is 0.268 e. The van der Waals surface area contributed by atoms with Gasteiger partial charge in [0.25, 0.3) is 5.91 Å². The molecule has 2 rings (SSSR count). The highest BCUT2D eigenvalue weighted by Gasteiger charge is 2.31. The minimum atomic E-state index is -1.07. The van der Waals surface area contributed by atoms with E-state index in [1.54, 1.807) is 18.9 Å². The SMILES string of the molecule is CN1CCC(NC(=O)C(C)(C)Oc2ccc(F)cc2)=N1. The van der Waals surface area contributed by atoms with Crippen LogP contribution in [0.5, 0.6) is 5.75 Å². The minimum Gasteiger partial charge on any atom is -0.478 e. The first kappa shape index (κ1) is 14.3. The molecule has 1 aliphatic heterocycles. The lowest BCUT2D eigenvalue weighted by Gasteiger charge is -2.25. The second kappa shape index (κ2) is 5.48. The third kappa shape index (κ3) is 3.46. The first-order valence-corrected chi connectivity index (χ1v) is 6.41. The maximum atomic E-state index is 12.8. The molecule has 0 fully saturated rings. The summed E-state index contributed by atoms with van der Waals surface area (Å²) in [6.07, 6.45) is 0.703. The van der Waals surface area contributed by atoms with Gasteiger partial charge in [-0.05, 0) is 38.1 Å². The molecule has 0 aliphatic carbocycles. The van der Waals surface area contributed by atoms with Crippen molar-refractivity contribution < 1.29 is 13.9 Å². The molecule has 0 saturated heterocycles. The number of rotatable bonds is 3. The van der Waals surface area contributed by atoms with Gasteiger partial charge in [0.1, 0.15) is 17.4 Å². The van der Waals surface area contributed by atoms with E-state index in [1.165, 1.54) is 24.3 Å².